The predicted octanol–water partition coefficient (Wildman–Crippen LogP) is 4.46. The van der Waals surface area contributed by atoms with E-state index < -0.39 is 0 Å². The van der Waals surface area contributed by atoms with Crippen LogP contribution in [0.15, 0.2) is 18.2 Å². The molecule has 0 fully saturated rings. The van der Waals surface area contributed by atoms with Crippen LogP contribution in [0.5, 0.6) is 0 Å². The van der Waals surface area contributed by atoms with Crippen LogP contribution >= 0.6 is 23.2 Å². The minimum absolute atomic E-state index is 0.0173. The minimum Gasteiger partial charge on any atom is -0.376 e. The fraction of sp³-hybridized carbons (Fsp3) is 0.571. The highest BCUT2D eigenvalue weighted by molar-refractivity contribution is 6.42. The molecule has 0 aliphatic heterocycles. The first kappa shape index (κ1) is 15.8. The van der Waals surface area contributed by atoms with E-state index >= 15 is 0 Å². The van der Waals surface area contributed by atoms with E-state index in [1.807, 2.05) is 19.2 Å². The van der Waals surface area contributed by atoms with Crippen molar-refractivity contribution in [2.45, 2.75) is 38.3 Å². The first-order valence-electron chi connectivity index (χ1n) is 6.22. The molecule has 1 rings (SSSR count). The third kappa shape index (κ3) is 2.83. The second-order valence-electron chi connectivity index (χ2n) is 4.34. The minimum atomic E-state index is -0.275. The van der Waals surface area contributed by atoms with Gasteiger partial charge in [-0.05, 0) is 31.5 Å². The standard InChI is InChI=1S/C14H21Cl2NO/c1-5-14(6-2,18-4)13(17-3)10-8-7-9-11(15)12(10)16/h7-9,13,17H,5-6H2,1-4H3. The zero-order chi connectivity index (χ0) is 13.8. The molecule has 1 aromatic carbocycles. The van der Waals surface area contributed by atoms with E-state index in [1.165, 1.54) is 0 Å². The monoisotopic (exact) mass is 289 g/mol. The largest absolute Gasteiger partial charge is 0.376 e. The molecule has 102 valence electrons. The number of rotatable bonds is 6. The van der Waals surface area contributed by atoms with E-state index in [2.05, 4.69) is 19.2 Å². The van der Waals surface area contributed by atoms with Crippen LogP contribution in [0.1, 0.15) is 38.3 Å². The van der Waals surface area contributed by atoms with Crippen molar-refractivity contribution in [1.82, 2.24) is 5.32 Å². The molecule has 0 aliphatic rings. The molecule has 0 bridgehead atoms. The van der Waals surface area contributed by atoms with E-state index in [0.717, 1.165) is 18.4 Å². The van der Waals surface area contributed by atoms with E-state index in [0.29, 0.717) is 10.0 Å². The molecule has 0 amide bonds. The van der Waals surface area contributed by atoms with Gasteiger partial charge >= 0.3 is 0 Å². The maximum absolute atomic E-state index is 6.32. The summed E-state index contributed by atoms with van der Waals surface area (Å²) in [5.41, 5.74) is 0.709. The van der Waals surface area contributed by atoms with Crippen LogP contribution in [-0.4, -0.2) is 19.8 Å². The first-order valence-corrected chi connectivity index (χ1v) is 6.98. The Bertz CT molecular complexity index is 383. The Morgan fingerprint density at radius 1 is 1.28 bits per heavy atom. The normalized spacial score (nSPS) is 13.7. The summed E-state index contributed by atoms with van der Waals surface area (Å²) in [6, 6.07) is 5.73. The third-order valence-electron chi connectivity index (χ3n) is 3.71. The Kier molecular flexibility index (Phi) is 5.93. The molecule has 0 spiro atoms. The number of halogens is 2. The van der Waals surface area contributed by atoms with Crippen molar-refractivity contribution in [3.05, 3.63) is 33.8 Å². The van der Waals surface area contributed by atoms with Gasteiger partial charge in [0.1, 0.15) is 0 Å². The fourth-order valence-corrected chi connectivity index (χ4v) is 2.93. The predicted molar refractivity (Wildman–Crippen MR) is 78.6 cm³/mol. The van der Waals surface area contributed by atoms with E-state index in [-0.39, 0.29) is 11.6 Å². The van der Waals surface area contributed by atoms with Crippen molar-refractivity contribution in [2.24, 2.45) is 0 Å². The number of hydrogen-bond donors (Lipinski definition) is 1. The van der Waals surface area contributed by atoms with Gasteiger partial charge in [-0.2, -0.15) is 0 Å². The number of hydrogen-bond acceptors (Lipinski definition) is 2. The maximum Gasteiger partial charge on any atom is 0.0867 e. The summed E-state index contributed by atoms with van der Waals surface area (Å²) in [6.45, 7) is 4.24. The lowest BCUT2D eigenvalue weighted by Gasteiger charge is -2.39. The quantitative estimate of drug-likeness (QED) is 0.835. The molecule has 18 heavy (non-hydrogen) atoms. The molecule has 1 atom stereocenters. The van der Waals surface area contributed by atoms with Crippen LogP contribution in [0.4, 0.5) is 0 Å². The van der Waals surface area contributed by atoms with Crippen LogP contribution in [0, 0.1) is 0 Å². The lowest BCUT2D eigenvalue weighted by Crippen LogP contribution is -2.43. The second kappa shape index (κ2) is 6.76. The second-order valence-corrected chi connectivity index (χ2v) is 5.13. The van der Waals surface area contributed by atoms with Gasteiger partial charge in [-0.15, -0.1) is 0 Å². The van der Waals surface area contributed by atoms with Gasteiger partial charge in [-0.25, -0.2) is 0 Å². The van der Waals surface area contributed by atoms with Crippen molar-refractivity contribution < 1.29 is 4.74 Å². The summed E-state index contributed by atoms with van der Waals surface area (Å²) in [5, 5.41) is 4.49. The Balaban J connectivity index is 3.28. The SMILES string of the molecule is CCC(CC)(OC)C(NC)c1cccc(Cl)c1Cl. The van der Waals surface area contributed by atoms with Crippen molar-refractivity contribution in [1.29, 1.82) is 0 Å². The van der Waals surface area contributed by atoms with Crippen LogP contribution < -0.4 is 5.32 Å². The molecule has 1 aromatic rings. The van der Waals surface area contributed by atoms with Crippen molar-refractivity contribution >= 4 is 23.2 Å². The molecule has 0 saturated carbocycles. The lowest BCUT2D eigenvalue weighted by molar-refractivity contribution is -0.0467. The molecular formula is C14H21Cl2NO. The molecule has 0 heterocycles. The molecule has 1 N–H and O–H groups in total. The van der Waals surface area contributed by atoms with Gasteiger partial charge in [-0.1, -0.05) is 49.2 Å². The van der Waals surface area contributed by atoms with Crippen LogP contribution in [0.25, 0.3) is 0 Å². The number of ether oxygens (including phenoxy) is 1. The zero-order valence-corrected chi connectivity index (χ0v) is 12.9. The van der Waals surface area contributed by atoms with Gasteiger partial charge in [0.2, 0.25) is 0 Å². The highest BCUT2D eigenvalue weighted by Gasteiger charge is 2.37. The summed E-state index contributed by atoms with van der Waals surface area (Å²) in [4.78, 5) is 0. The molecule has 0 radical (unpaired) electrons. The average molecular weight is 290 g/mol. The van der Waals surface area contributed by atoms with Gasteiger partial charge in [0.25, 0.3) is 0 Å². The van der Waals surface area contributed by atoms with Gasteiger partial charge in [0.15, 0.2) is 0 Å². The lowest BCUT2D eigenvalue weighted by atomic mass is 9.84. The fourth-order valence-electron chi connectivity index (χ4n) is 2.51. The summed E-state index contributed by atoms with van der Waals surface area (Å²) in [6.07, 6.45) is 1.79. The summed E-state index contributed by atoms with van der Waals surface area (Å²) in [5.74, 6) is 0. The Morgan fingerprint density at radius 3 is 2.33 bits per heavy atom. The molecule has 2 nitrogen and oxygen atoms in total. The van der Waals surface area contributed by atoms with E-state index in [9.17, 15) is 0 Å². The van der Waals surface area contributed by atoms with Crippen molar-refractivity contribution in [2.75, 3.05) is 14.2 Å². The number of methoxy groups -OCH3 is 1. The molecule has 0 aromatic heterocycles. The average Bonchev–Trinajstić information content (AvgIpc) is 2.40. The molecule has 4 heteroatoms. The maximum atomic E-state index is 6.32. The molecular weight excluding hydrogens is 269 g/mol. The Hall–Kier alpha value is -0.280. The van der Waals surface area contributed by atoms with E-state index in [4.69, 9.17) is 27.9 Å². The Labute approximate surface area is 120 Å². The molecule has 0 aliphatic carbocycles. The number of likely N-dealkylation sites (N-methyl/N-ethyl adjacent to an activating group) is 1. The first-order chi connectivity index (χ1) is 8.56. The smallest absolute Gasteiger partial charge is 0.0867 e. The van der Waals surface area contributed by atoms with Gasteiger partial charge in [0.05, 0.1) is 21.7 Å². The third-order valence-corrected chi connectivity index (χ3v) is 4.54. The van der Waals surface area contributed by atoms with Gasteiger partial charge < -0.3 is 10.1 Å². The van der Waals surface area contributed by atoms with Crippen molar-refractivity contribution in [3.8, 4) is 0 Å². The highest BCUT2D eigenvalue weighted by atomic mass is 35.5. The number of nitrogens with one attached hydrogen (secondary N) is 1. The van der Waals surface area contributed by atoms with Crippen molar-refractivity contribution in [3.63, 3.8) is 0 Å². The highest BCUT2D eigenvalue weighted by Crippen LogP contribution is 2.39. The van der Waals surface area contributed by atoms with Crippen LogP contribution in [-0.2, 0) is 4.74 Å². The topological polar surface area (TPSA) is 21.3 Å². The van der Waals surface area contributed by atoms with Gasteiger partial charge in [0, 0.05) is 7.11 Å². The Morgan fingerprint density at radius 2 is 1.89 bits per heavy atom. The van der Waals surface area contributed by atoms with Gasteiger partial charge in [-0.3, -0.25) is 0 Å². The zero-order valence-electron chi connectivity index (χ0n) is 11.4. The summed E-state index contributed by atoms with van der Waals surface area (Å²) in [7, 11) is 3.66. The molecule has 1 unspecified atom stereocenters. The summed E-state index contributed by atoms with van der Waals surface area (Å²) >= 11 is 12.4. The van der Waals surface area contributed by atoms with Crippen LogP contribution in [0.2, 0.25) is 10.0 Å². The number of benzene rings is 1. The van der Waals surface area contributed by atoms with E-state index in [1.54, 1.807) is 13.2 Å². The van der Waals surface area contributed by atoms with Crippen LogP contribution in [0.3, 0.4) is 0 Å². The molecule has 0 saturated heterocycles. The summed E-state index contributed by atoms with van der Waals surface area (Å²) < 4.78 is 5.77.